The molecular formula is C11H17N3. The topological polar surface area (TPSA) is 30.2 Å². The van der Waals surface area contributed by atoms with Gasteiger partial charge < -0.3 is 0 Å². The third-order valence-electron chi connectivity index (χ3n) is 1.87. The minimum Gasteiger partial charge on any atom is -0.236 e. The first-order chi connectivity index (χ1) is 6.77. The van der Waals surface area contributed by atoms with Crippen LogP contribution in [0.25, 0.3) is 5.65 Å². The molecule has 14 heavy (non-hydrogen) atoms. The van der Waals surface area contributed by atoms with E-state index in [1.54, 1.807) is 10.7 Å². The number of imidazole rings is 1. The van der Waals surface area contributed by atoms with Gasteiger partial charge in [-0.05, 0) is 18.1 Å². The molecule has 0 radical (unpaired) electrons. The maximum Gasteiger partial charge on any atom is 0.153 e. The molecule has 2 aromatic heterocycles. The highest BCUT2D eigenvalue weighted by Gasteiger charge is 2.01. The summed E-state index contributed by atoms with van der Waals surface area (Å²) in [7, 11) is 0. The Morgan fingerprint density at radius 3 is 2.57 bits per heavy atom. The Hall–Kier alpha value is -1.38. The van der Waals surface area contributed by atoms with Gasteiger partial charge in [-0.25, -0.2) is 9.50 Å². The largest absolute Gasteiger partial charge is 0.236 e. The number of aromatic nitrogens is 3. The van der Waals surface area contributed by atoms with Crippen molar-refractivity contribution in [3.05, 3.63) is 30.2 Å². The van der Waals surface area contributed by atoms with Gasteiger partial charge in [-0.15, -0.1) is 0 Å². The van der Waals surface area contributed by atoms with Gasteiger partial charge in [0.2, 0.25) is 0 Å². The average Bonchev–Trinajstić information content (AvgIpc) is 2.67. The van der Waals surface area contributed by atoms with Gasteiger partial charge >= 0.3 is 0 Å². The van der Waals surface area contributed by atoms with Gasteiger partial charge in [-0.2, -0.15) is 5.10 Å². The summed E-state index contributed by atoms with van der Waals surface area (Å²) in [5.41, 5.74) is 2.00. The fourth-order valence-electron chi connectivity index (χ4n) is 1.14. The van der Waals surface area contributed by atoms with Crippen LogP contribution in [-0.2, 0) is 0 Å². The number of hydrogen-bond donors (Lipinski definition) is 0. The first kappa shape index (κ1) is 10.7. The smallest absolute Gasteiger partial charge is 0.153 e. The van der Waals surface area contributed by atoms with Crippen molar-refractivity contribution in [3.8, 4) is 0 Å². The van der Waals surface area contributed by atoms with Crippen LogP contribution < -0.4 is 0 Å². The second kappa shape index (κ2) is 4.74. The summed E-state index contributed by atoms with van der Waals surface area (Å²) in [6, 6.07) is 4.01. The van der Waals surface area contributed by atoms with Crippen molar-refractivity contribution in [1.82, 2.24) is 14.6 Å². The van der Waals surface area contributed by atoms with Crippen LogP contribution in [0.2, 0.25) is 0 Å². The van der Waals surface area contributed by atoms with Gasteiger partial charge in [0, 0.05) is 12.4 Å². The summed E-state index contributed by atoms with van der Waals surface area (Å²) in [4.78, 5) is 4.12. The van der Waals surface area contributed by atoms with Crippen molar-refractivity contribution in [1.29, 1.82) is 0 Å². The Balaban J connectivity index is 0.000000461. The Morgan fingerprint density at radius 2 is 1.93 bits per heavy atom. The molecule has 0 spiro atoms. The minimum absolute atomic E-state index is 0.469. The lowest BCUT2D eigenvalue weighted by atomic mass is 10.1. The van der Waals surface area contributed by atoms with Crippen molar-refractivity contribution in [2.24, 2.45) is 0 Å². The van der Waals surface area contributed by atoms with Crippen LogP contribution in [-0.4, -0.2) is 14.6 Å². The second-order valence-electron chi connectivity index (χ2n) is 3.14. The zero-order valence-electron chi connectivity index (χ0n) is 9.23. The normalized spacial score (nSPS) is 10.1. The summed E-state index contributed by atoms with van der Waals surface area (Å²) in [5, 5.41) is 4.39. The van der Waals surface area contributed by atoms with Gasteiger partial charge in [-0.1, -0.05) is 27.7 Å². The van der Waals surface area contributed by atoms with E-state index in [9.17, 15) is 0 Å². The molecular weight excluding hydrogens is 174 g/mol. The van der Waals surface area contributed by atoms with E-state index in [1.165, 1.54) is 0 Å². The van der Waals surface area contributed by atoms with Crippen LogP contribution in [0.4, 0.5) is 0 Å². The average molecular weight is 191 g/mol. The molecule has 76 valence electrons. The summed E-state index contributed by atoms with van der Waals surface area (Å²) in [5.74, 6) is 0.469. The lowest BCUT2D eigenvalue weighted by Crippen LogP contribution is -1.98. The molecule has 2 rings (SSSR count). The predicted molar refractivity (Wildman–Crippen MR) is 58.4 cm³/mol. The summed E-state index contributed by atoms with van der Waals surface area (Å²) in [6.07, 6.45) is 3.62. The van der Waals surface area contributed by atoms with Gasteiger partial charge in [-0.3, -0.25) is 0 Å². The number of rotatable bonds is 1. The van der Waals surface area contributed by atoms with Crippen LogP contribution in [0, 0.1) is 0 Å². The molecule has 0 aliphatic heterocycles. The molecule has 0 aromatic carbocycles. The quantitative estimate of drug-likeness (QED) is 0.693. The molecule has 0 aliphatic carbocycles. The fourth-order valence-corrected chi connectivity index (χ4v) is 1.14. The lowest BCUT2D eigenvalue weighted by molar-refractivity contribution is 0.764. The summed E-state index contributed by atoms with van der Waals surface area (Å²) in [6.45, 7) is 8.26. The maximum atomic E-state index is 4.39. The Morgan fingerprint density at radius 1 is 1.21 bits per heavy atom. The Kier molecular flexibility index (Phi) is 3.63. The van der Waals surface area contributed by atoms with Crippen molar-refractivity contribution < 1.29 is 0 Å². The number of nitrogens with zero attached hydrogens (tertiary/aromatic N) is 3. The van der Waals surface area contributed by atoms with E-state index >= 15 is 0 Å². The highest BCUT2D eigenvalue weighted by molar-refractivity contribution is 5.36. The molecule has 0 unspecified atom stereocenters. The molecule has 0 amide bonds. The summed E-state index contributed by atoms with van der Waals surface area (Å²) < 4.78 is 1.80. The highest BCUT2D eigenvalue weighted by Crippen LogP contribution is 2.10. The van der Waals surface area contributed by atoms with E-state index in [0.29, 0.717) is 5.92 Å². The van der Waals surface area contributed by atoms with E-state index in [4.69, 9.17) is 0 Å². The molecule has 0 saturated heterocycles. The first-order valence-electron chi connectivity index (χ1n) is 5.07. The third kappa shape index (κ3) is 2.10. The third-order valence-corrected chi connectivity index (χ3v) is 1.87. The maximum absolute atomic E-state index is 4.39. The zero-order chi connectivity index (χ0) is 10.6. The zero-order valence-corrected chi connectivity index (χ0v) is 9.23. The van der Waals surface area contributed by atoms with E-state index in [1.807, 2.05) is 32.2 Å². The van der Waals surface area contributed by atoms with Gasteiger partial charge in [0.05, 0.1) is 5.69 Å². The second-order valence-corrected chi connectivity index (χ2v) is 3.14. The molecule has 0 bridgehead atoms. The van der Waals surface area contributed by atoms with Gasteiger partial charge in [0.25, 0.3) is 0 Å². The van der Waals surface area contributed by atoms with Crippen LogP contribution >= 0.6 is 0 Å². The van der Waals surface area contributed by atoms with Crippen molar-refractivity contribution in [2.75, 3.05) is 0 Å². The number of hydrogen-bond acceptors (Lipinski definition) is 2. The van der Waals surface area contributed by atoms with Gasteiger partial charge in [0.1, 0.15) is 0 Å². The molecule has 0 atom stereocenters. The molecule has 3 heteroatoms. The molecule has 0 N–H and O–H groups in total. The fraction of sp³-hybridized carbons (Fsp3) is 0.455. The minimum atomic E-state index is 0.469. The SMILES string of the molecule is CC.CC(C)c1ccc2nccn2n1. The lowest BCUT2D eigenvalue weighted by Gasteiger charge is -2.02. The molecule has 0 saturated carbocycles. The van der Waals surface area contributed by atoms with Crippen molar-refractivity contribution in [2.45, 2.75) is 33.6 Å². The van der Waals surface area contributed by atoms with E-state index in [0.717, 1.165) is 11.3 Å². The van der Waals surface area contributed by atoms with Crippen LogP contribution in [0.3, 0.4) is 0 Å². The Labute approximate surface area is 84.8 Å². The Bertz CT molecular complexity index is 390. The molecule has 0 fully saturated rings. The summed E-state index contributed by atoms with van der Waals surface area (Å²) >= 11 is 0. The monoisotopic (exact) mass is 191 g/mol. The van der Waals surface area contributed by atoms with Crippen molar-refractivity contribution in [3.63, 3.8) is 0 Å². The van der Waals surface area contributed by atoms with Crippen LogP contribution in [0.1, 0.15) is 39.3 Å². The predicted octanol–water partition coefficient (Wildman–Crippen LogP) is 2.88. The van der Waals surface area contributed by atoms with E-state index < -0.39 is 0 Å². The first-order valence-corrected chi connectivity index (χ1v) is 5.07. The van der Waals surface area contributed by atoms with E-state index in [2.05, 4.69) is 23.9 Å². The standard InChI is InChI=1S/C9H11N3.C2H6/c1-7(2)8-3-4-9-10-5-6-12(9)11-8;1-2/h3-7H,1-2H3;1-2H3. The number of fused-ring (bicyclic) bond motifs is 1. The highest BCUT2D eigenvalue weighted by atomic mass is 15.2. The van der Waals surface area contributed by atoms with Crippen LogP contribution in [0.15, 0.2) is 24.5 Å². The molecule has 2 heterocycles. The van der Waals surface area contributed by atoms with Crippen molar-refractivity contribution >= 4 is 5.65 Å². The van der Waals surface area contributed by atoms with E-state index in [-0.39, 0.29) is 0 Å². The molecule has 0 aliphatic rings. The van der Waals surface area contributed by atoms with Crippen LogP contribution in [0.5, 0.6) is 0 Å². The van der Waals surface area contributed by atoms with Gasteiger partial charge in [0.15, 0.2) is 5.65 Å². The molecule has 2 aromatic rings. The molecule has 3 nitrogen and oxygen atoms in total.